The van der Waals surface area contributed by atoms with E-state index in [2.05, 4.69) is 18.3 Å². The molecule has 2 aliphatic rings. The Balaban J connectivity index is 1.47. The van der Waals surface area contributed by atoms with Crippen LogP contribution in [0.15, 0.2) is 24.3 Å². The minimum Gasteiger partial charge on any atom is -0.365 e. The highest BCUT2D eigenvalue weighted by Crippen LogP contribution is 2.32. The van der Waals surface area contributed by atoms with E-state index in [1.165, 1.54) is 5.56 Å². The van der Waals surface area contributed by atoms with Crippen molar-refractivity contribution in [3.63, 3.8) is 0 Å². The van der Waals surface area contributed by atoms with Crippen molar-refractivity contribution < 1.29 is 14.3 Å². The van der Waals surface area contributed by atoms with Crippen molar-refractivity contribution in [3.05, 3.63) is 29.8 Å². The van der Waals surface area contributed by atoms with E-state index in [-0.39, 0.29) is 17.9 Å². The molecule has 1 fully saturated rings. The second-order valence-corrected chi connectivity index (χ2v) is 6.99. The molecule has 130 valence electrons. The molecule has 2 aliphatic heterocycles. The van der Waals surface area contributed by atoms with Gasteiger partial charge in [0.05, 0.1) is 0 Å². The summed E-state index contributed by atoms with van der Waals surface area (Å²) >= 11 is 0. The maximum atomic E-state index is 12.6. The number of fused-ring (bicyclic) bond motifs is 1. The Hall–Kier alpha value is -1.88. The average Bonchev–Trinajstić information content (AvgIpc) is 3.14. The SMILES string of the molecule is CC1Cc2ccccc2N1C(=O)CCCNC(=O)C1(C)CCCO1. The van der Waals surface area contributed by atoms with Crippen LogP contribution in [0.1, 0.15) is 45.1 Å². The van der Waals surface area contributed by atoms with Crippen LogP contribution in [0.25, 0.3) is 0 Å². The number of ether oxygens (including phenoxy) is 1. The van der Waals surface area contributed by atoms with Crippen molar-refractivity contribution in [3.8, 4) is 0 Å². The van der Waals surface area contributed by atoms with Gasteiger partial charge in [-0.1, -0.05) is 18.2 Å². The van der Waals surface area contributed by atoms with Crippen molar-refractivity contribution in [2.75, 3.05) is 18.1 Å². The minimum absolute atomic E-state index is 0.0627. The largest absolute Gasteiger partial charge is 0.365 e. The fraction of sp³-hybridized carbons (Fsp3) is 0.579. The fourth-order valence-electron chi connectivity index (χ4n) is 3.65. The molecule has 1 saturated heterocycles. The van der Waals surface area contributed by atoms with Crippen molar-refractivity contribution in [1.29, 1.82) is 0 Å². The second-order valence-electron chi connectivity index (χ2n) is 6.99. The molecule has 2 unspecified atom stereocenters. The molecular formula is C19H26N2O3. The van der Waals surface area contributed by atoms with Crippen molar-refractivity contribution in [2.45, 2.75) is 57.6 Å². The van der Waals surface area contributed by atoms with E-state index in [9.17, 15) is 9.59 Å². The van der Waals surface area contributed by atoms with Crippen molar-refractivity contribution in [2.24, 2.45) is 0 Å². The number of anilines is 1. The Morgan fingerprint density at radius 2 is 2.17 bits per heavy atom. The number of rotatable bonds is 5. The molecule has 0 saturated carbocycles. The van der Waals surface area contributed by atoms with Gasteiger partial charge < -0.3 is 15.0 Å². The molecule has 3 rings (SSSR count). The van der Waals surface area contributed by atoms with Crippen LogP contribution in [0, 0.1) is 0 Å². The lowest BCUT2D eigenvalue weighted by molar-refractivity contribution is -0.139. The van der Waals surface area contributed by atoms with Crippen LogP contribution in [0.2, 0.25) is 0 Å². The third-order valence-electron chi connectivity index (χ3n) is 5.03. The number of carbonyl (C=O) groups is 2. The van der Waals surface area contributed by atoms with Crippen LogP contribution in [-0.4, -0.2) is 36.6 Å². The Morgan fingerprint density at radius 3 is 2.92 bits per heavy atom. The number of para-hydroxylation sites is 1. The van der Waals surface area contributed by atoms with Gasteiger partial charge in [-0.15, -0.1) is 0 Å². The zero-order chi connectivity index (χ0) is 17.2. The number of benzene rings is 1. The monoisotopic (exact) mass is 330 g/mol. The van der Waals surface area contributed by atoms with E-state index in [1.807, 2.05) is 30.0 Å². The van der Waals surface area contributed by atoms with E-state index in [0.29, 0.717) is 26.0 Å². The van der Waals surface area contributed by atoms with Gasteiger partial charge in [0, 0.05) is 31.3 Å². The Kier molecular flexibility index (Phi) is 4.90. The molecule has 1 aromatic carbocycles. The molecule has 5 heteroatoms. The number of carbonyl (C=O) groups excluding carboxylic acids is 2. The third kappa shape index (κ3) is 3.31. The lowest BCUT2D eigenvalue weighted by Crippen LogP contribution is -2.44. The zero-order valence-electron chi connectivity index (χ0n) is 14.5. The summed E-state index contributed by atoms with van der Waals surface area (Å²) in [4.78, 5) is 26.6. The molecule has 24 heavy (non-hydrogen) atoms. The van der Waals surface area contributed by atoms with Gasteiger partial charge in [0.1, 0.15) is 5.60 Å². The van der Waals surface area contributed by atoms with Gasteiger partial charge in [-0.05, 0) is 51.2 Å². The summed E-state index contributed by atoms with van der Waals surface area (Å²) in [7, 11) is 0. The van der Waals surface area contributed by atoms with E-state index in [4.69, 9.17) is 4.74 Å². The lowest BCUT2D eigenvalue weighted by Gasteiger charge is -2.23. The number of nitrogens with one attached hydrogen (secondary N) is 1. The molecule has 2 heterocycles. The second kappa shape index (κ2) is 6.93. The molecule has 2 atom stereocenters. The maximum Gasteiger partial charge on any atom is 0.251 e. The number of amides is 2. The quantitative estimate of drug-likeness (QED) is 0.844. The predicted octanol–water partition coefficient (Wildman–Crippen LogP) is 2.43. The summed E-state index contributed by atoms with van der Waals surface area (Å²) in [6.07, 6.45) is 3.69. The minimum atomic E-state index is -0.688. The first-order valence-electron chi connectivity index (χ1n) is 8.83. The van der Waals surface area contributed by atoms with Crippen LogP contribution < -0.4 is 10.2 Å². The summed E-state index contributed by atoms with van der Waals surface area (Å²) in [6, 6.07) is 8.29. The molecule has 1 N–H and O–H groups in total. The molecule has 0 aromatic heterocycles. The third-order valence-corrected chi connectivity index (χ3v) is 5.03. The van der Waals surface area contributed by atoms with Gasteiger partial charge in [0.15, 0.2) is 0 Å². The average molecular weight is 330 g/mol. The van der Waals surface area contributed by atoms with Gasteiger partial charge >= 0.3 is 0 Å². The van der Waals surface area contributed by atoms with Gasteiger partial charge in [-0.2, -0.15) is 0 Å². The smallest absolute Gasteiger partial charge is 0.251 e. The van der Waals surface area contributed by atoms with E-state index < -0.39 is 5.60 Å². The van der Waals surface area contributed by atoms with Crippen molar-refractivity contribution >= 4 is 17.5 Å². The first-order chi connectivity index (χ1) is 11.5. The van der Waals surface area contributed by atoms with E-state index in [0.717, 1.165) is 24.9 Å². The van der Waals surface area contributed by atoms with Gasteiger partial charge in [0.25, 0.3) is 5.91 Å². The summed E-state index contributed by atoms with van der Waals surface area (Å²) in [5, 5.41) is 2.91. The van der Waals surface area contributed by atoms with E-state index >= 15 is 0 Å². The lowest BCUT2D eigenvalue weighted by atomic mass is 10.0. The maximum absolute atomic E-state index is 12.6. The molecule has 0 spiro atoms. The van der Waals surface area contributed by atoms with Crippen LogP contribution >= 0.6 is 0 Å². The van der Waals surface area contributed by atoms with E-state index in [1.54, 1.807) is 0 Å². The van der Waals surface area contributed by atoms with Gasteiger partial charge in [-0.25, -0.2) is 0 Å². The van der Waals surface area contributed by atoms with Crippen LogP contribution in [0.3, 0.4) is 0 Å². The summed E-state index contributed by atoms with van der Waals surface area (Å²) < 4.78 is 5.53. The summed E-state index contributed by atoms with van der Waals surface area (Å²) in [6.45, 7) is 5.07. The summed E-state index contributed by atoms with van der Waals surface area (Å²) in [5.41, 5.74) is 1.58. The Morgan fingerprint density at radius 1 is 1.38 bits per heavy atom. The predicted molar refractivity (Wildman–Crippen MR) is 92.9 cm³/mol. The topological polar surface area (TPSA) is 58.6 Å². The van der Waals surface area contributed by atoms with Gasteiger partial charge in [0.2, 0.25) is 5.91 Å². The van der Waals surface area contributed by atoms with Crippen LogP contribution in [0.5, 0.6) is 0 Å². The molecule has 5 nitrogen and oxygen atoms in total. The Labute approximate surface area is 143 Å². The highest BCUT2D eigenvalue weighted by Gasteiger charge is 2.37. The first kappa shape index (κ1) is 17.0. The molecule has 0 radical (unpaired) electrons. The highest BCUT2D eigenvalue weighted by molar-refractivity contribution is 5.96. The number of nitrogens with zero attached hydrogens (tertiary/aromatic N) is 1. The van der Waals surface area contributed by atoms with Crippen LogP contribution in [-0.2, 0) is 20.7 Å². The number of hydrogen-bond donors (Lipinski definition) is 1. The van der Waals surface area contributed by atoms with Crippen molar-refractivity contribution in [1.82, 2.24) is 5.32 Å². The fourth-order valence-corrected chi connectivity index (χ4v) is 3.65. The highest BCUT2D eigenvalue weighted by atomic mass is 16.5. The standard InChI is InChI=1S/C19H26N2O3/c1-14-13-15-7-3-4-8-16(15)21(14)17(22)9-5-11-20-18(23)19(2)10-6-12-24-19/h3-4,7-8,14H,5-6,9-13H2,1-2H3,(H,20,23). The number of hydrogen-bond acceptors (Lipinski definition) is 3. The molecule has 2 amide bonds. The molecule has 0 bridgehead atoms. The van der Waals surface area contributed by atoms with Crippen LogP contribution in [0.4, 0.5) is 5.69 Å². The first-order valence-corrected chi connectivity index (χ1v) is 8.83. The molecule has 0 aliphatic carbocycles. The normalized spacial score (nSPS) is 25.6. The zero-order valence-corrected chi connectivity index (χ0v) is 14.5. The Bertz CT molecular complexity index is 623. The molecular weight excluding hydrogens is 304 g/mol. The molecule has 1 aromatic rings. The van der Waals surface area contributed by atoms with Gasteiger partial charge in [-0.3, -0.25) is 9.59 Å². The summed E-state index contributed by atoms with van der Waals surface area (Å²) in [5.74, 6) is 0.0670.